The van der Waals surface area contributed by atoms with Crippen molar-refractivity contribution < 1.29 is 9.84 Å². The van der Waals surface area contributed by atoms with Crippen molar-refractivity contribution >= 4 is 23.2 Å². The van der Waals surface area contributed by atoms with Crippen molar-refractivity contribution in [3.8, 4) is 5.75 Å². The molecule has 0 saturated carbocycles. The van der Waals surface area contributed by atoms with Crippen molar-refractivity contribution in [2.24, 2.45) is 5.73 Å². The molecule has 0 radical (unpaired) electrons. The predicted molar refractivity (Wildman–Crippen MR) is 81.3 cm³/mol. The Labute approximate surface area is 127 Å². The van der Waals surface area contributed by atoms with Crippen LogP contribution in [0.25, 0.3) is 0 Å². The second kappa shape index (κ2) is 6.95. The molecule has 2 aromatic carbocycles. The lowest BCUT2D eigenvalue weighted by Crippen LogP contribution is -2.14. The highest BCUT2D eigenvalue weighted by molar-refractivity contribution is 6.42. The topological polar surface area (TPSA) is 55.5 Å². The second-order valence-electron chi connectivity index (χ2n) is 4.40. The van der Waals surface area contributed by atoms with Crippen LogP contribution in [0.1, 0.15) is 17.2 Å². The monoisotopic (exact) mass is 311 g/mol. The molecule has 0 fully saturated rings. The summed E-state index contributed by atoms with van der Waals surface area (Å²) in [4.78, 5) is 0. The molecule has 0 aliphatic carbocycles. The van der Waals surface area contributed by atoms with E-state index in [4.69, 9.17) is 38.8 Å². The zero-order valence-electron chi connectivity index (χ0n) is 10.7. The Morgan fingerprint density at radius 1 is 1.05 bits per heavy atom. The summed E-state index contributed by atoms with van der Waals surface area (Å²) in [6.07, 6.45) is 0. The molecule has 5 heteroatoms. The summed E-state index contributed by atoms with van der Waals surface area (Å²) in [5, 5.41) is 10.0. The fourth-order valence-corrected chi connectivity index (χ4v) is 2.03. The molecule has 2 rings (SSSR count). The molecule has 0 spiro atoms. The van der Waals surface area contributed by atoms with Gasteiger partial charge in [0.1, 0.15) is 12.4 Å². The molecule has 106 valence electrons. The third-order valence-corrected chi connectivity index (χ3v) is 3.63. The normalized spacial score (nSPS) is 12.2. The highest BCUT2D eigenvalue weighted by Crippen LogP contribution is 2.23. The van der Waals surface area contributed by atoms with E-state index in [1.807, 2.05) is 30.3 Å². The van der Waals surface area contributed by atoms with Crippen LogP contribution < -0.4 is 10.5 Å². The summed E-state index contributed by atoms with van der Waals surface area (Å²) < 4.78 is 5.65. The first-order chi connectivity index (χ1) is 9.60. The maximum atomic E-state index is 8.98. The minimum absolute atomic E-state index is 0.0799. The summed E-state index contributed by atoms with van der Waals surface area (Å²) in [7, 11) is 0. The highest BCUT2D eigenvalue weighted by Gasteiger charge is 2.04. The molecule has 0 bridgehead atoms. The molecule has 0 aliphatic rings. The van der Waals surface area contributed by atoms with Crippen molar-refractivity contribution in [3.05, 3.63) is 63.6 Å². The molecule has 3 N–H and O–H groups in total. The average Bonchev–Trinajstić information content (AvgIpc) is 2.48. The van der Waals surface area contributed by atoms with Gasteiger partial charge in [0.25, 0.3) is 0 Å². The van der Waals surface area contributed by atoms with E-state index in [0.717, 1.165) is 16.9 Å². The van der Waals surface area contributed by atoms with Gasteiger partial charge in [-0.05, 0) is 35.4 Å². The first kappa shape index (κ1) is 15.1. The minimum atomic E-state index is -0.362. The van der Waals surface area contributed by atoms with Crippen LogP contribution in [0.4, 0.5) is 0 Å². The van der Waals surface area contributed by atoms with Crippen LogP contribution in [0, 0.1) is 0 Å². The first-order valence-electron chi connectivity index (χ1n) is 6.13. The average molecular weight is 312 g/mol. The summed E-state index contributed by atoms with van der Waals surface area (Å²) in [5.41, 5.74) is 7.53. The summed E-state index contributed by atoms with van der Waals surface area (Å²) in [6, 6.07) is 12.3. The highest BCUT2D eigenvalue weighted by atomic mass is 35.5. The Balaban J connectivity index is 1.98. The number of hydrogen-bond donors (Lipinski definition) is 2. The lowest BCUT2D eigenvalue weighted by atomic mass is 10.1. The molecule has 1 atom stereocenters. The number of ether oxygens (including phenoxy) is 1. The van der Waals surface area contributed by atoms with Crippen LogP contribution in [0.5, 0.6) is 5.75 Å². The maximum Gasteiger partial charge on any atom is 0.119 e. The van der Waals surface area contributed by atoms with E-state index in [2.05, 4.69) is 0 Å². The van der Waals surface area contributed by atoms with Gasteiger partial charge in [0, 0.05) is 0 Å². The second-order valence-corrected chi connectivity index (χ2v) is 5.21. The fraction of sp³-hybridized carbons (Fsp3) is 0.200. The number of nitrogens with two attached hydrogens (primary N) is 1. The molecule has 0 heterocycles. The van der Waals surface area contributed by atoms with Gasteiger partial charge in [-0.1, -0.05) is 41.4 Å². The van der Waals surface area contributed by atoms with E-state index in [1.165, 1.54) is 0 Å². The molecule has 0 saturated heterocycles. The van der Waals surface area contributed by atoms with Gasteiger partial charge < -0.3 is 15.6 Å². The fourth-order valence-electron chi connectivity index (χ4n) is 1.71. The van der Waals surface area contributed by atoms with Gasteiger partial charge in [-0.3, -0.25) is 0 Å². The van der Waals surface area contributed by atoms with Crippen molar-refractivity contribution in [1.82, 2.24) is 0 Å². The molecular weight excluding hydrogens is 297 g/mol. The van der Waals surface area contributed by atoms with Gasteiger partial charge in [0.2, 0.25) is 0 Å². The van der Waals surface area contributed by atoms with Gasteiger partial charge in [0.15, 0.2) is 0 Å². The third-order valence-electron chi connectivity index (χ3n) is 2.89. The smallest absolute Gasteiger partial charge is 0.119 e. The van der Waals surface area contributed by atoms with Crippen molar-refractivity contribution in [2.75, 3.05) is 6.61 Å². The van der Waals surface area contributed by atoms with Crippen LogP contribution in [0.3, 0.4) is 0 Å². The summed E-state index contributed by atoms with van der Waals surface area (Å²) in [6.45, 7) is 0.325. The van der Waals surface area contributed by atoms with Gasteiger partial charge >= 0.3 is 0 Å². The molecule has 0 aromatic heterocycles. The van der Waals surface area contributed by atoms with Gasteiger partial charge in [0.05, 0.1) is 22.7 Å². The zero-order valence-corrected chi connectivity index (χ0v) is 12.2. The largest absolute Gasteiger partial charge is 0.489 e. The Hall–Kier alpha value is -1.26. The molecule has 2 aromatic rings. The Bertz CT molecular complexity index is 573. The summed E-state index contributed by atoms with van der Waals surface area (Å²) in [5.74, 6) is 0.727. The van der Waals surface area contributed by atoms with Crippen LogP contribution in [0.2, 0.25) is 10.0 Å². The molecule has 3 nitrogen and oxygen atoms in total. The molecule has 20 heavy (non-hydrogen) atoms. The number of aliphatic hydroxyl groups excluding tert-OH is 1. The quantitative estimate of drug-likeness (QED) is 0.887. The van der Waals surface area contributed by atoms with Gasteiger partial charge in [-0.15, -0.1) is 0 Å². The Morgan fingerprint density at radius 2 is 1.75 bits per heavy atom. The van der Waals surface area contributed by atoms with Gasteiger partial charge in [-0.25, -0.2) is 0 Å². The van der Waals surface area contributed by atoms with E-state index in [9.17, 15) is 0 Å². The van der Waals surface area contributed by atoms with Crippen molar-refractivity contribution in [3.63, 3.8) is 0 Å². The van der Waals surface area contributed by atoms with E-state index in [1.54, 1.807) is 12.1 Å². The van der Waals surface area contributed by atoms with E-state index in [-0.39, 0.29) is 12.6 Å². The van der Waals surface area contributed by atoms with E-state index in [0.29, 0.717) is 16.7 Å². The number of aliphatic hydroxyl groups is 1. The van der Waals surface area contributed by atoms with Crippen molar-refractivity contribution in [2.45, 2.75) is 12.6 Å². The number of benzene rings is 2. The molecule has 0 amide bonds. The Kier molecular flexibility index (Phi) is 5.26. The zero-order chi connectivity index (χ0) is 14.5. The van der Waals surface area contributed by atoms with Crippen LogP contribution in [0.15, 0.2) is 42.5 Å². The summed E-state index contributed by atoms with van der Waals surface area (Å²) >= 11 is 11.8. The third kappa shape index (κ3) is 3.87. The lowest BCUT2D eigenvalue weighted by molar-refractivity contribution is 0.267. The molecule has 0 unspecified atom stereocenters. The number of hydrogen-bond acceptors (Lipinski definition) is 3. The van der Waals surface area contributed by atoms with Crippen LogP contribution >= 0.6 is 23.2 Å². The van der Waals surface area contributed by atoms with Crippen LogP contribution in [-0.4, -0.2) is 11.7 Å². The minimum Gasteiger partial charge on any atom is -0.489 e. The first-order valence-corrected chi connectivity index (χ1v) is 6.89. The van der Waals surface area contributed by atoms with Crippen molar-refractivity contribution in [1.29, 1.82) is 0 Å². The molecular formula is C15H15Cl2NO2. The number of rotatable bonds is 5. The predicted octanol–water partition coefficient (Wildman–Crippen LogP) is 3.56. The SMILES string of the molecule is N[C@H](CO)c1ccc(OCc2ccc(Cl)c(Cl)c2)cc1. The van der Waals surface area contributed by atoms with E-state index < -0.39 is 0 Å². The Morgan fingerprint density at radius 3 is 2.35 bits per heavy atom. The molecule has 0 aliphatic heterocycles. The van der Waals surface area contributed by atoms with E-state index >= 15 is 0 Å². The van der Waals surface area contributed by atoms with Crippen LogP contribution in [-0.2, 0) is 6.61 Å². The standard InChI is InChI=1S/C15H15Cl2NO2/c16-13-6-1-10(7-14(13)17)9-20-12-4-2-11(3-5-12)15(18)8-19/h1-7,15,19H,8-9,18H2/t15-/m1/s1. The lowest BCUT2D eigenvalue weighted by Gasteiger charge is -2.10. The van der Waals surface area contributed by atoms with Gasteiger partial charge in [-0.2, -0.15) is 0 Å². The maximum absolute atomic E-state index is 8.98. The number of halogens is 2.